The fourth-order valence-electron chi connectivity index (χ4n) is 3.16. The summed E-state index contributed by atoms with van der Waals surface area (Å²) in [4.78, 5) is 29.1. The predicted octanol–water partition coefficient (Wildman–Crippen LogP) is 3.91. The van der Waals surface area contributed by atoms with Crippen LogP contribution in [0.4, 0.5) is 0 Å². The van der Waals surface area contributed by atoms with Crippen molar-refractivity contribution in [1.29, 1.82) is 0 Å². The van der Waals surface area contributed by atoms with Crippen LogP contribution < -0.4 is 5.32 Å². The molecule has 150 valence electrons. The standard InChI is InChI=1S/C20H23Cl2N3O2S/c21-16-5-1-4-15(19(16)22)14-24-9-11-25(12-10-24)18(26)7-2-8-23-20(27)17-6-3-13-28-17/h1,3-6,13H,2,7-12,14H2,(H,23,27). The van der Waals surface area contributed by atoms with Crippen molar-refractivity contribution >= 4 is 46.4 Å². The van der Waals surface area contributed by atoms with Crippen LogP contribution in [-0.4, -0.2) is 54.3 Å². The molecule has 2 heterocycles. The van der Waals surface area contributed by atoms with Crippen molar-refractivity contribution in [2.45, 2.75) is 19.4 Å². The highest BCUT2D eigenvalue weighted by atomic mass is 35.5. The van der Waals surface area contributed by atoms with E-state index in [1.165, 1.54) is 11.3 Å². The maximum atomic E-state index is 12.4. The van der Waals surface area contributed by atoms with Gasteiger partial charge in [0.25, 0.3) is 5.91 Å². The lowest BCUT2D eigenvalue weighted by Crippen LogP contribution is -2.48. The molecular formula is C20H23Cl2N3O2S. The molecule has 1 aliphatic rings. The summed E-state index contributed by atoms with van der Waals surface area (Å²) in [6.07, 6.45) is 1.10. The van der Waals surface area contributed by atoms with Gasteiger partial charge >= 0.3 is 0 Å². The fourth-order valence-corrected chi connectivity index (χ4v) is 4.18. The predicted molar refractivity (Wildman–Crippen MR) is 114 cm³/mol. The lowest BCUT2D eigenvalue weighted by Gasteiger charge is -2.35. The molecule has 0 spiro atoms. The Hall–Kier alpha value is -1.60. The van der Waals surface area contributed by atoms with Crippen LogP contribution in [0, 0.1) is 0 Å². The van der Waals surface area contributed by atoms with Gasteiger partial charge in [0, 0.05) is 45.7 Å². The molecule has 1 aromatic carbocycles. The molecule has 0 radical (unpaired) electrons. The van der Waals surface area contributed by atoms with E-state index in [0.717, 1.165) is 25.2 Å². The summed E-state index contributed by atoms with van der Waals surface area (Å²) in [5.41, 5.74) is 1.01. The second-order valence-corrected chi connectivity index (χ2v) is 8.44. The van der Waals surface area contributed by atoms with Crippen LogP contribution in [0.5, 0.6) is 0 Å². The number of rotatable bonds is 7. The molecule has 2 amide bonds. The molecule has 1 N–H and O–H groups in total. The zero-order valence-electron chi connectivity index (χ0n) is 15.5. The van der Waals surface area contributed by atoms with Crippen LogP contribution in [0.15, 0.2) is 35.7 Å². The van der Waals surface area contributed by atoms with E-state index >= 15 is 0 Å². The number of hydrogen-bond donors (Lipinski definition) is 1. The SMILES string of the molecule is O=C(NCCCC(=O)N1CCN(Cc2cccc(Cl)c2Cl)CC1)c1cccs1. The number of halogens is 2. The summed E-state index contributed by atoms with van der Waals surface area (Å²) >= 11 is 13.8. The molecule has 5 nitrogen and oxygen atoms in total. The zero-order chi connectivity index (χ0) is 19.9. The molecule has 8 heteroatoms. The maximum absolute atomic E-state index is 12.4. The van der Waals surface area contributed by atoms with Crippen LogP contribution in [-0.2, 0) is 11.3 Å². The van der Waals surface area contributed by atoms with Gasteiger partial charge in [0.15, 0.2) is 0 Å². The number of thiophene rings is 1. The van der Waals surface area contributed by atoms with Crippen LogP contribution >= 0.6 is 34.5 Å². The Balaban J connectivity index is 1.35. The van der Waals surface area contributed by atoms with E-state index in [4.69, 9.17) is 23.2 Å². The van der Waals surface area contributed by atoms with Crippen molar-refractivity contribution in [3.05, 3.63) is 56.2 Å². The minimum atomic E-state index is -0.0734. The number of nitrogens with one attached hydrogen (secondary N) is 1. The van der Waals surface area contributed by atoms with E-state index in [-0.39, 0.29) is 11.8 Å². The summed E-state index contributed by atoms with van der Waals surface area (Å²) < 4.78 is 0. The summed E-state index contributed by atoms with van der Waals surface area (Å²) in [5, 5.41) is 5.90. The number of amides is 2. The molecular weight excluding hydrogens is 417 g/mol. The largest absolute Gasteiger partial charge is 0.351 e. The number of hydrogen-bond acceptors (Lipinski definition) is 4. The number of benzene rings is 1. The van der Waals surface area contributed by atoms with Crippen LogP contribution in [0.1, 0.15) is 28.1 Å². The Morgan fingerprint density at radius 2 is 1.86 bits per heavy atom. The first-order valence-electron chi connectivity index (χ1n) is 9.29. The van der Waals surface area contributed by atoms with Gasteiger partial charge in [-0.1, -0.05) is 41.4 Å². The average molecular weight is 440 g/mol. The zero-order valence-corrected chi connectivity index (χ0v) is 17.8. The van der Waals surface area contributed by atoms with Gasteiger partial charge in [-0.3, -0.25) is 14.5 Å². The lowest BCUT2D eigenvalue weighted by atomic mass is 10.2. The van der Waals surface area contributed by atoms with Crippen LogP contribution in [0.3, 0.4) is 0 Å². The summed E-state index contributed by atoms with van der Waals surface area (Å²) in [7, 11) is 0. The Morgan fingerprint density at radius 3 is 2.57 bits per heavy atom. The molecule has 0 atom stereocenters. The Bertz CT molecular complexity index is 806. The molecule has 1 aromatic heterocycles. The third-order valence-corrected chi connectivity index (χ3v) is 6.48. The highest BCUT2D eigenvalue weighted by Crippen LogP contribution is 2.26. The average Bonchev–Trinajstić information content (AvgIpc) is 3.24. The molecule has 0 saturated carbocycles. The second-order valence-electron chi connectivity index (χ2n) is 6.71. The highest BCUT2D eigenvalue weighted by molar-refractivity contribution is 7.12. The van der Waals surface area contributed by atoms with Gasteiger partial charge < -0.3 is 10.2 Å². The van der Waals surface area contributed by atoms with E-state index in [2.05, 4.69) is 10.2 Å². The van der Waals surface area contributed by atoms with Gasteiger partial charge in [0.2, 0.25) is 5.91 Å². The first-order chi connectivity index (χ1) is 13.5. The van der Waals surface area contributed by atoms with Gasteiger partial charge in [-0.2, -0.15) is 0 Å². The van der Waals surface area contributed by atoms with Gasteiger partial charge in [0.05, 0.1) is 14.9 Å². The quantitative estimate of drug-likeness (QED) is 0.665. The molecule has 0 unspecified atom stereocenters. The van der Waals surface area contributed by atoms with Gasteiger partial charge in [-0.05, 0) is 29.5 Å². The van der Waals surface area contributed by atoms with Crippen molar-refractivity contribution in [2.24, 2.45) is 0 Å². The van der Waals surface area contributed by atoms with Crippen LogP contribution in [0.25, 0.3) is 0 Å². The highest BCUT2D eigenvalue weighted by Gasteiger charge is 2.21. The van der Waals surface area contributed by atoms with Gasteiger partial charge in [-0.25, -0.2) is 0 Å². The first-order valence-corrected chi connectivity index (χ1v) is 10.9. The summed E-state index contributed by atoms with van der Waals surface area (Å²) in [6.45, 7) is 4.27. The molecule has 3 rings (SSSR count). The molecule has 0 aliphatic carbocycles. The van der Waals surface area contributed by atoms with E-state index in [0.29, 0.717) is 47.4 Å². The summed E-state index contributed by atoms with van der Waals surface area (Å²) in [5.74, 6) is 0.0709. The molecule has 2 aromatic rings. The minimum Gasteiger partial charge on any atom is -0.351 e. The first kappa shape index (κ1) is 21.1. The van der Waals surface area contributed by atoms with Crippen molar-refractivity contribution in [3.8, 4) is 0 Å². The fraction of sp³-hybridized carbons (Fsp3) is 0.400. The number of carbonyl (C=O) groups is 2. The molecule has 1 fully saturated rings. The van der Waals surface area contributed by atoms with Gasteiger partial charge in [-0.15, -0.1) is 11.3 Å². The molecule has 1 aliphatic heterocycles. The van der Waals surface area contributed by atoms with Crippen molar-refractivity contribution < 1.29 is 9.59 Å². The Labute approximate surface area is 179 Å². The smallest absolute Gasteiger partial charge is 0.261 e. The molecule has 28 heavy (non-hydrogen) atoms. The van der Waals surface area contributed by atoms with Crippen molar-refractivity contribution in [2.75, 3.05) is 32.7 Å². The van der Waals surface area contributed by atoms with Crippen molar-refractivity contribution in [1.82, 2.24) is 15.1 Å². The number of carbonyl (C=O) groups excluding carboxylic acids is 2. The topological polar surface area (TPSA) is 52.7 Å². The third kappa shape index (κ3) is 5.70. The normalized spacial score (nSPS) is 14.9. The third-order valence-electron chi connectivity index (χ3n) is 4.75. The van der Waals surface area contributed by atoms with E-state index < -0.39 is 0 Å². The van der Waals surface area contributed by atoms with Crippen molar-refractivity contribution in [3.63, 3.8) is 0 Å². The van der Waals surface area contributed by atoms with E-state index in [1.54, 1.807) is 12.1 Å². The maximum Gasteiger partial charge on any atom is 0.261 e. The summed E-state index contributed by atoms with van der Waals surface area (Å²) in [6, 6.07) is 9.31. The molecule has 1 saturated heterocycles. The van der Waals surface area contributed by atoms with E-state index in [1.807, 2.05) is 28.5 Å². The Morgan fingerprint density at radius 1 is 1.07 bits per heavy atom. The second kappa shape index (κ2) is 10.3. The van der Waals surface area contributed by atoms with E-state index in [9.17, 15) is 9.59 Å². The molecule has 0 bridgehead atoms. The number of nitrogens with zero attached hydrogens (tertiary/aromatic N) is 2. The number of piperazine rings is 1. The minimum absolute atomic E-state index is 0.0734. The van der Waals surface area contributed by atoms with Crippen LogP contribution in [0.2, 0.25) is 10.0 Å². The lowest BCUT2D eigenvalue weighted by molar-refractivity contribution is -0.133. The Kier molecular flexibility index (Phi) is 7.73. The van der Waals surface area contributed by atoms with Gasteiger partial charge in [0.1, 0.15) is 0 Å². The monoisotopic (exact) mass is 439 g/mol.